The molecule has 0 aliphatic rings. The molecule has 0 heterocycles. The molecule has 130 valence electrons. The summed E-state index contributed by atoms with van der Waals surface area (Å²) in [6, 6.07) is 16.2. The van der Waals surface area contributed by atoms with Gasteiger partial charge in [0, 0.05) is 24.7 Å². The van der Waals surface area contributed by atoms with Crippen LogP contribution < -0.4 is 10.6 Å². The molecule has 6 heteroatoms. The fraction of sp³-hybridized carbons (Fsp3) is 0.211. The Morgan fingerprint density at radius 2 is 1.48 bits per heavy atom. The molecule has 2 aromatic rings. The number of hydrogen-bond acceptors (Lipinski definition) is 4. The van der Waals surface area contributed by atoms with Gasteiger partial charge in [0.2, 0.25) is 5.91 Å². The molecule has 0 aliphatic heterocycles. The molecule has 0 atom stereocenters. The predicted octanol–water partition coefficient (Wildman–Crippen LogP) is 2.76. The summed E-state index contributed by atoms with van der Waals surface area (Å²) in [5, 5.41) is 5.25. The Morgan fingerprint density at radius 3 is 2.08 bits per heavy atom. The second kappa shape index (κ2) is 9.22. The van der Waals surface area contributed by atoms with Crippen LogP contribution in [0.1, 0.15) is 18.9 Å². The lowest BCUT2D eigenvalue weighted by Crippen LogP contribution is -2.21. The summed E-state index contributed by atoms with van der Waals surface area (Å²) in [5.74, 6) is -1.00. The van der Waals surface area contributed by atoms with Gasteiger partial charge in [-0.1, -0.05) is 30.3 Å². The molecular formula is C19H20N2O4. The predicted molar refractivity (Wildman–Crippen MR) is 95.1 cm³/mol. The number of carbonyl (C=O) groups is 3. The van der Waals surface area contributed by atoms with E-state index in [1.807, 2.05) is 30.3 Å². The van der Waals surface area contributed by atoms with E-state index in [0.717, 1.165) is 5.56 Å². The van der Waals surface area contributed by atoms with Gasteiger partial charge in [-0.15, -0.1) is 0 Å². The molecule has 0 aromatic heterocycles. The summed E-state index contributed by atoms with van der Waals surface area (Å²) in [6.07, 6.45) is 0.800. The number of benzene rings is 2. The summed E-state index contributed by atoms with van der Waals surface area (Å²) in [6.45, 7) is 1.09. The monoisotopic (exact) mass is 340 g/mol. The summed E-state index contributed by atoms with van der Waals surface area (Å²) < 4.78 is 4.97. The number of rotatable bonds is 7. The highest BCUT2D eigenvalue weighted by atomic mass is 16.5. The number of hydrogen-bond donors (Lipinski definition) is 2. The van der Waals surface area contributed by atoms with Crippen molar-refractivity contribution in [1.29, 1.82) is 0 Å². The maximum Gasteiger partial charge on any atom is 0.306 e. The quantitative estimate of drug-likeness (QED) is 0.759. The molecule has 0 aliphatic carbocycles. The molecule has 0 radical (unpaired) electrons. The van der Waals surface area contributed by atoms with E-state index in [2.05, 4.69) is 10.6 Å². The molecular weight excluding hydrogens is 320 g/mol. The van der Waals surface area contributed by atoms with Gasteiger partial charge in [0.25, 0.3) is 5.91 Å². The average Bonchev–Trinajstić information content (AvgIpc) is 2.60. The molecule has 0 saturated heterocycles. The van der Waals surface area contributed by atoms with Gasteiger partial charge in [0.05, 0.1) is 0 Å². The summed E-state index contributed by atoms with van der Waals surface area (Å²) >= 11 is 0. The van der Waals surface area contributed by atoms with Crippen molar-refractivity contribution in [3.63, 3.8) is 0 Å². The van der Waals surface area contributed by atoms with Crippen LogP contribution in [0, 0.1) is 0 Å². The van der Waals surface area contributed by atoms with Crippen LogP contribution in [-0.4, -0.2) is 24.4 Å². The molecule has 0 fully saturated rings. The number of nitrogens with one attached hydrogen (secondary N) is 2. The minimum Gasteiger partial charge on any atom is -0.456 e. The zero-order valence-electron chi connectivity index (χ0n) is 14.0. The van der Waals surface area contributed by atoms with Crippen molar-refractivity contribution in [2.75, 3.05) is 17.2 Å². The van der Waals surface area contributed by atoms with Gasteiger partial charge in [-0.25, -0.2) is 0 Å². The second-order valence-electron chi connectivity index (χ2n) is 5.45. The van der Waals surface area contributed by atoms with E-state index < -0.39 is 11.9 Å². The SMILES string of the molecule is CC(=O)Nc1ccc(NC(=O)COC(=O)CCc2ccccc2)cc1. The zero-order valence-corrected chi connectivity index (χ0v) is 14.0. The molecule has 0 spiro atoms. The molecule has 0 bridgehead atoms. The van der Waals surface area contributed by atoms with Crippen molar-refractivity contribution in [3.8, 4) is 0 Å². The minimum atomic E-state index is -0.417. The Kier molecular flexibility index (Phi) is 6.71. The van der Waals surface area contributed by atoms with E-state index >= 15 is 0 Å². The van der Waals surface area contributed by atoms with Gasteiger partial charge in [0.15, 0.2) is 6.61 Å². The number of aryl methyl sites for hydroxylation is 1. The third-order valence-electron chi connectivity index (χ3n) is 3.31. The Labute approximate surface area is 146 Å². The second-order valence-corrected chi connectivity index (χ2v) is 5.45. The number of amides is 2. The fourth-order valence-corrected chi connectivity index (χ4v) is 2.15. The first-order valence-electron chi connectivity index (χ1n) is 7.90. The zero-order chi connectivity index (χ0) is 18.1. The highest BCUT2D eigenvalue weighted by molar-refractivity contribution is 5.93. The summed E-state index contributed by atoms with van der Waals surface area (Å²) in [5.41, 5.74) is 2.24. The van der Waals surface area contributed by atoms with Gasteiger partial charge in [0.1, 0.15) is 0 Å². The topological polar surface area (TPSA) is 84.5 Å². The molecule has 25 heavy (non-hydrogen) atoms. The normalized spacial score (nSPS) is 9.96. The maximum atomic E-state index is 11.8. The van der Waals surface area contributed by atoms with E-state index in [-0.39, 0.29) is 18.9 Å². The molecule has 6 nitrogen and oxygen atoms in total. The first-order valence-corrected chi connectivity index (χ1v) is 7.90. The third-order valence-corrected chi connectivity index (χ3v) is 3.31. The minimum absolute atomic E-state index is 0.167. The van der Waals surface area contributed by atoms with Crippen LogP contribution in [0.25, 0.3) is 0 Å². The van der Waals surface area contributed by atoms with E-state index in [9.17, 15) is 14.4 Å². The van der Waals surface area contributed by atoms with E-state index in [1.165, 1.54) is 6.92 Å². The molecule has 0 unspecified atom stereocenters. The lowest BCUT2D eigenvalue weighted by atomic mass is 10.1. The highest BCUT2D eigenvalue weighted by Gasteiger charge is 2.08. The summed E-state index contributed by atoms with van der Waals surface area (Å²) in [4.78, 5) is 34.4. The summed E-state index contributed by atoms with van der Waals surface area (Å²) in [7, 11) is 0. The molecule has 0 saturated carbocycles. The van der Waals surface area contributed by atoms with Crippen molar-refractivity contribution < 1.29 is 19.1 Å². The Balaban J connectivity index is 1.71. The Bertz CT molecular complexity index is 727. The van der Waals surface area contributed by atoms with Crippen LogP contribution >= 0.6 is 0 Å². The lowest BCUT2D eigenvalue weighted by Gasteiger charge is -2.08. The van der Waals surface area contributed by atoms with Crippen LogP contribution in [0.5, 0.6) is 0 Å². The third kappa shape index (κ3) is 6.87. The average molecular weight is 340 g/mol. The van der Waals surface area contributed by atoms with Crippen LogP contribution in [-0.2, 0) is 25.5 Å². The van der Waals surface area contributed by atoms with Crippen LogP contribution in [0.4, 0.5) is 11.4 Å². The number of anilines is 2. The van der Waals surface area contributed by atoms with Crippen LogP contribution in [0.3, 0.4) is 0 Å². The van der Waals surface area contributed by atoms with Gasteiger partial charge in [-0.3, -0.25) is 14.4 Å². The molecule has 2 aromatic carbocycles. The highest BCUT2D eigenvalue weighted by Crippen LogP contribution is 2.13. The van der Waals surface area contributed by atoms with E-state index in [0.29, 0.717) is 17.8 Å². The fourth-order valence-electron chi connectivity index (χ4n) is 2.15. The maximum absolute atomic E-state index is 11.8. The number of esters is 1. The Morgan fingerprint density at radius 1 is 0.880 bits per heavy atom. The van der Waals surface area contributed by atoms with Crippen molar-refractivity contribution >= 4 is 29.2 Å². The molecule has 2 N–H and O–H groups in total. The number of carbonyl (C=O) groups excluding carboxylic acids is 3. The first-order chi connectivity index (χ1) is 12.0. The molecule has 2 rings (SSSR count). The van der Waals surface area contributed by atoms with Crippen molar-refractivity contribution in [3.05, 3.63) is 60.2 Å². The van der Waals surface area contributed by atoms with Crippen LogP contribution in [0.15, 0.2) is 54.6 Å². The smallest absolute Gasteiger partial charge is 0.306 e. The lowest BCUT2D eigenvalue weighted by molar-refractivity contribution is -0.147. The molecule has 2 amide bonds. The Hall–Kier alpha value is -3.15. The first kappa shape index (κ1) is 18.2. The van der Waals surface area contributed by atoms with Crippen LogP contribution in [0.2, 0.25) is 0 Å². The van der Waals surface area contributed by atoms with Crippen molar-refractivity contribution in [1.82, 2.24) is 0 Å². The van der Waals surface area contributed by atoms with Gasteiger partial charge < -0.3 is 15.4 Å². The number of ether oxygens (including phenoxy) is 1. The van der Waals surface area contributed by atoms with Gasteiger partial charge in [-0.05, 0) is 36.2 Å². The van der Waals surface area contributed by atoms with Crippen molar-refractivity contribution in [2.45, 2.75) is 19.8 Å². The van der Waals surface area contributed by atoms with Gasteiger partial charge in [-0.2, -0.15) is 0 Å². The van der Waals surface area contributed by atoms with Gasteiger partial charge >= 0.3 is 5.97 Å². The van der Waals surface area contributed by atoms with Crippen molar-refractivity contribution in [2.24, 2.45) is 0 Å². The standard InChI is InChI=1S/C19H20N2O4/c1-14(22)20-16-8-10-17(11-9-16)21-18(23)13-25-19(24)12-7-15-5-3-2-4-6-15/h2-6,8-11H,7,12-13H2,1H3,(H,20,22)(H,21,23). The van der Waals surface area contributed by atoms with E-state index in [4.69, 9.17) is 4.74 Å². The largest absolute Gasteiger partial charge is 0.456 e. The van der Waals surface area contributed by atoms with E-state index in [1.54, 1.807) is 24.3 Å².